The minimum Gasteiger partial charge on any atom is -0.466 e. The summed E-state index contributed by atoms with van der Waals surface area (Å²) < 4.78 is 10.4. The minimum atomic E-state index is -0.370. The zero-order chi connectivity index (χ0) is 18.4. The number of nitrogens with zero attached hydrogens (tertiary/aromatic N) is 2. The number of methoxy groups -OCH3 is 1. The molecular weight excluding hydrogens is 334 g/mol. The van der Waals surface area contributed by atoms with Crippen LogP contribution in [0.3, 0.4) is 0 Å². The molecule has 1 N–H and O–H groups in total. The second kappa shape index (κ2) is 6.45. The van der Waals surface area contributed by atoms with Crippen molar-refractivity contribution in [1.82, 2.24) is 15.4 Å². The van der Waals surface area contributed by atoms with E-state index < -0.39 is 0 Å². The van der Waals surface area contributed by atoms with Crippen LogP contribution in [0.25, 0.3) is 5.57 Å². The molecule has 2 fully saturated rings. The molecule has 1 aromatic rings. The van der Waals surface area contributed by atoms with Crippen molar-refractivity contribution >= 4 is 17.6 Å². The van der Waals surface area contributed by atoms with E-state index in [1.165, 1.54) is 20.0 Å². The van der Waals surface area contributed by atoms with E-state index >= 15 is 0 Å². The highest BCUT2D eigenvalue weighted by molar-refractivity contribution is 6.01. The molecular formula is C19H25N3O4. The van der Waals surface area contributed by atoms with Crippen LogP contribution in [0.2, 0.25) is 0 Å². The first kappa shape index (κ1) is 17.1. The summed E-state index contributed by atoms with van der Waals surface area (Å²) in [6.45, 7) is 4.46. The fourth-order valence-electron chi connectivity index (χ4n) is 4.39. The van der Waals surface area contributed by atoms with Gasteiger partial charge in [0, 0.05) is 18.2 Å². The molecule has 2 amide bonds. The Hall–Kier alpha value is -2.31. The van der Waals surface area contributed by atoms with Gasteiger partial charge in [-0.3, -0.25) is 0 Å². The Kier molecular flexibility index (Phi) is 4.25. The molecule has 1 saturated carbocycles. The highest BCUT2D eigenvalue weighted by Crippen LogP contribution is 2.44. The topological polar surface area (TPSA) is 84.7 Å². The standard InChI is InChI=1S/C19H25N3O4/c1-10-16(11(2)26-21-10)14-8-13-6-7-15(17(14)18(23)25-3)22(13)19(24)20-9-12-4-5-12/h12-13,15H,4-9H2,1-3H3,(H,20,24). The second-order valence-electron chi connectivity index (χ2n) is 7.57. The Morgan fingerprint density at radius 3 is 2.65 bits per heavy atom. The maximum Gasteiger partial charge on any atom is 0.336 e. The molecule has 4 rings (SSSR count). The number of rotatable bonds is 4. The van der Waals surface area contributed by atoms with Crippen LogP contribution in [0.4, 0.5) is 4.79 Å². The number of urea groups is 1. The van der Waals surface area contributed by atoms with E-state index in [1.54, 1.807) is 0 Å². The summed E-state index contributed by atoms with van der Waals surface area (Å²) in [5.74, 6) is 0.949. The minimum absolute atomic E-state index is 0.0661. The van der Waals surface area contributed by atoms with E-state index in [4.69, 9.17) is 9.26 Å². The van der Waals surface area contributed by atoms with Gasteiger partial charge in [0.25, 0.3) is 0 Å². The Bertz CT molecular complexity index is 758. The number of aromatic nitrogens is 1. The van der Waals surface area contributed by atoms with Crippen molar-refractivity contribution in [3.8, 4) is 0 Å². The molecule has 2 atom stereocenters. The molecule has 2 unspecified atom stereocenters. The maximum atomic E-state index is 12.8. The molecule has 0 spiro atoms. The first-order chi connectivity index (χ1) is 12.5. The number of amides is 2. The Morgan fingerprint density at radius 1 is 1.27 bits per heavy atom. The van der Waals surface area contributed by atoms with Gasteiger partial charge in [-0.15, -0.1) is 0 Å². The summed E-state index contributed by atoms with van der Waals surface area (Å²) in [7, 11) is 1.39. The molecule has 140 valence electrons. The first-order valence-corrected chi connectivity index (χ1v) is 9.32. The summed E-state index contributed by atoms with van der Waals surface area (Å²) >= 11 is 0. The molecule has 0 radical (unpaired) electrons. The summed E-state index contributed by atoms with van der Waals surface area (Å²) in [5, 5.41) is 7.08. The second-order valence-corrected chi connectivity index (χ2v) is 7.57. The number of carbonyl (C=O) groups excluding carboxylic acids is 2. The van der Waals surface area contributed by atoms with Crippen molar-refractivity contribution in [2.45, 2.75) is 58.0 Å². The molecule has 1 saturated heterocycles. The molecule has 7 nitrogen and oxygen atoms in total. The van der Waals surface area contributed by atoms with Crippen molar-refractivity contribution in [2.24, 2.45) is 5.92 Å². The number of hydrogen-bond donors (Lipinski definition) is 1. The average Bonchev–Trinajstić information content (AvgIpc) is 3.33. The number of hydrogen-bond acceptors (Lipinski definition) is 5. The zero-order valence-corrected chi connectivity index (χ0v) is 15.5. The molecule has 3 aliphatic rings. The third kappa shape index (κ3) is 2.79. The number of carbonyl (C=O) groups is 2. The van der Waals surface area contributed by atoms with E-state index in [-0.39, 0.29) is 24.1 Å². The zero-order valence-electron chi connectivity index (χ0n) is 15.5. The Labute approximate surface area is 152 Å². The number of ether oxygens (including phenoxy) is 1. The monoisotopic (exact) mass is 359 g/mol. The van der Waals surface area contributed by atoms with Crippen LogP contribution in [0.1, 0.15) is 49.1 Å². The van der Waals surface area contributed by atoms with E-state index in [9.17, 15) is 9.59 Å². The van der Waals surface area contributed by atoms with Crippen LogP contribution < -0.4 is 5.32 Å². The van der Waals surface area contributed by atoms with Crippen LogP contribution in [0.15, 0.2) is 10.1 Å². The van der Waals surface area contributed by atoms with Crippen LogP contribution in [-0.4, -0.2) is 47.8 Å². The number of nitrogens with one attached hydrogen (secondary N) is 1. The largest absolute Gasteiger partial charge is 0.466 e. The summed E-state index contributed by atoms with van der Waals surface area (Å²) in [4.78, 5) is 27.3. The summed E-state index contributed by atoms with van der Waals surface area (Å²) in [6, 6.07) is -0.218. The lowest BCUT2D eigenvalue weighted by Crippen LogP contribution is -2.51. The van der Waals surface area contributed by atoms with Crippen LogP contribution in [0, 0.1) is 19.8 Å². The normalized spacial score (nSPS) is 24.8. The van der Waals surface area contributed by atoms with Gasteiger partial charge < -0.3 is 19.5 Å². The van der Waals surface area contributed by atoms with Crippen molar-refractivity contribution in [1.29, 1.82) is 0 Å². The smallest absolute Gasteiger partial charge is 0.336 e. The highest BCUT2D eigenvalue weighted by atomic mass is 16.5. The quantitative estimate of drug-likeness (QED) is 0.835. The van der Waals surface area contributed by atoms with Gasteiger partial charge in [0.15, 0.2) is 0 Å². The van der Waals surface area contributed by atoms with Crippen molar-refractivity contribution in [3.63, 3.8) is 0 Å². The average molecular weight is 359 g/mol. The lowest BCUT2D eigenvalue weighted by Gasteiger charge is -2.37. The Balaban J connectivity index is 1.70. The maximum absolute atomic E-state index is 12.8. The van der Waals surface area contributed by atoms with Gasteiger partial charge in [-0.1, -0.05) is 5.16 Å². The van der Waals surface area contributed by atoms with Crippen LogP contribution in [-0.2, 0) is 9.53 Å². The molecule has 7 heteroatoms. The fraction of sp³-hybridized carbons (Fsp3) is 0.632. The van der Waals surface area contributed by atoms with Crippen LogP contribution in [0.5, 0.6) is 0 Å². The summed E-state index contributed by atoms with van der Waals surface area (Å²) in [6.07, 6.45) is 4.67. The molecule has 26 heavy (non-hydrogen) atoms. The molecule has 0 aromatic carbocycles. The van der Waals surface area contributed by atoms with E-state index in [0.717, 1.165) is 36.2 Å². The van der Waals surface area contributed by atoms with Gasteiger partial charge in [-0.05, 0) is 57.4 Å². The molecule has 2 aliphatic heterocycles. The van der Waals surface area contributed by atoms with Gasteiger partial charge >= 0.3 is 12.0 Å². The van der Waals surface area contributed by atoms with Gasteiger partial charge in [0.1, 0.15) is 5.76 Å². The molecule has 2 bridgehead atoms. The van der Waals surface area contributed by atoms with Crippen molar-refractivity contribution < 1.29 is 18.8 Å². The van der Waals surface area contributed by atoms with Gasteiger partial charge in [0.2, 0.25) is 0 Å². The van der Waals surface area contributed by atoms with Gasteiger partial charge in [0.05, 0.1) is 24.4 Å². The molecule has 1 aromatic heterocycles. The predicted molar refractivity (Wildman–Crippen MR) is 94.3 cm³/mol. The third-order valence-electron chi connectivity index (χ3n) is 5.81. The molecule has 1 aliphatic carbocycles. The van der Waals surface area contributed by atoms with Crippen molar-refractivity contribution in [3.05, 3.63) is 22.6 Å². The van der Waals surface area contributed by atoms with E-state index in [2.05, 4.69) is 10.5 Å². The van der Waals surface area contributed by atoms with Gasteiger partial charge in [-0.25, -0.2) is 9.59 Å². The molecule has 3 heterocycles. The first-order valence-electron chi connectivity index (χ1n) is 9.32. The van der Waals surface area contributed by atoms with Crippen LogP contribution >= 0.6 is 0 Å². The number of esters is 1. The fourth-order valence-corrected chi connectivity index (χ4v) is 4.39. The van der Waals surface area contributed by atoms with Gasteiger partial charge in [-0.2, -0.15) is 0 Å². The number of fused-ring (bicyclic) bond motifs is 2. The third-order valence-corrected chi connectivity index (χ3v) is 5.81. The Morgan fingerprint density at radius 2 is 2.04 bits per heavy atom. The SMILES string of the molecule is COC(=O)C1=C(c2c(C)noc2C)CC2CCC1N2C(=O)NCC1CC1. The predicted octanol–water partition coefficient (Wildman–Crippen LogP) is 2.57. The van der Waals surface area contributed by atoms with Crippen molar-refractivity contribution in [2.75, 3.05) is 13.7 Å². The van der Waals surface area contributed by atoms with E-state index in [0.29, 0.717) is 23.7 Å². The lowest BCUT2D eigenvalue weighted by molar-refractivity contribution is -0.136. The summed E-state index contributed by atoms with van der Waals surface area (Å²) in [5.41, 5.74) is 3.16. The van der Waals surface area contributed by atoms with E-state index in [1.807, 2.05) is 18.7 Å². The highest BCUT2D eigenvalue weighted by Gasteiger charge is 2.47. The lowest BCUT2D eigenvalue weighted by atomic mass is 9.87. The number of aryl methyl sites for hydroxylation is 2.